The largest absolute Gasteiger partial charge is 0.493 e. The average Bonchev–Trinajstić information content (AvgIpc) is 2.55. The molecule has 24 heavy (non-hydrogen) atoms. The lowest BCUT2D eigenvalue weighted by atomic mass is 9.97. The number of ether oxygens (including phenoxy) is 1. The van der Waals surface area contributed by atoms with Crippen LogP contribution in [0.15, 0.2) is 36.4 Å². The van der Waals surface area contributed by atoms with Crippen molar-refractivity contribution in [2.24, 2.45) is 0 Å². The number of aliphatic hydroxyl groups excluding tert-OH is 1. The zero-order chi connectivity index (χ0) is 17.5. The Hall–Kier alpha value is -1.91. The highest BCUT2D eigenvalue weighted by molar-refractivity contribution is 5.73. The number of hydrogen-bond acceptors (Lipinski definition) is 3. The Labute approximate surface area is 143 Å². The maximum absolute atomic E-state index is 13.6. The third kappa shape index (κ3) is 4.79. The van der Waals surface area contributed by atoms with Crippen molar-refractivity contribution in [3.63, 3.8) is 0 Å². The summed E-state index contributed by atoms with van der Waals surface area (Å²) in [5, 5.41) is 9.77. The maximum atomic E-state index is 13.6. The molecule has 0 unspecified atom stereocenters. The van der Waals surface area contributed by atoms with E-state index in [9.17, 15) is 9.50 Å². The molecule has 2 rings (SSSR count). The van der Waals surface area contributed by atoms with Gasteiger partial charge in [-0.05, 0) is 49.3 Å². The van der Waals surface area contributed by atoms with E-state index in [2.05, 4.69) is 11.8 Å². The lowest BCUT2D eigenvalue weighted by Crippen LogP contribution is -2.11. The van der Waals surface area contributed by atoms with Crippen LogP contribution in [0.25, 0.3) is 11.1 Å². The molecule has 0 atom stereocenters. The SMILES string of the molecule is CCCCOc1cc(F)ccc1-c1ccc(CN(C)C)cc1CO. The second kappa shape index (κ2) is 8.81. The summed E-state index contributed by atoms with van der Waals surface area (Å²) in [4.78, 5) is 2.08. The molecule has 0 spiro atoms. The Kier molecular flexibility index (Phi) is 6.76. The van der Waals surface area contributed by atoms with Gasteiger partial charge in [0.2, 0.25) is 0 Å². The normalized spacial score (nSPS) is 11.1. The number of unbranched alkanes of at least 4 members (excludes halogenated alkanes) is 1. The number of hydrogen-bond donors (Lipinski definition) is 1. The van der Waals surface area contributed by atoms with Gasteiger partial charge in [-0.25, -0.2) is 4.39 Å². The molecule has 4 heteroatoms. The molecule has 0 aliphatic carbocycles. The molecule has 0 saturated heterocycles. The highest BCUT2D eigenvalue weighted by atomic mass is 19.1. The van der Waals surface area contributed by atoms with Crippen LogP contribution in [0.4, 0.5) is 4.39 Å². The number of benzene rings is 2. The summed E-state index contributed by atoms with van der Waals surface area (Å²) in [5.74, 6) is 0.207. The average molecular weight is 331 g/mol. The summed E-state index contributed by atoms with van der Waals surface area (Å²) in [6.07, 6.45) is 1.94. The first-order valence-corrected chi connectivity index (χ1v) is 8.35. The zero-order valence-corrected chi connectivity index (χ0v) is 14.7. The third-order valence-electron chi connectivity index (χ3n) is 3.83. The molecular weight excluding hydrogens is 305 g/mol. The van der Waals surface area contributed by atoms with E-state index in [-0.39, 0.29) is 12.4 Å². The maximum Gasteiger partial charge on any atom is 0.130 e. The van der Waals surface area contributed by atoms with E-state index >= 15 is 0 Å². The molecule has 0 heterocycles. The first-order valence-electron chi connectivity index (χ1n) is 8.35. The van der Waals surface area contributed by atoms with Crippen molar-refractivity contribution in [2.75, 3.05) is 20.7 Å². The second-order valence-corrected chi connectivity index (χ2v) is 6.23. The predicted molar refractivity (Wildman–Crippen MR) is 95.6 cm³/mol. The first kappa shape index (κ1) is 18.4. The predicted octanol–water partition coefficient (Wildman–Crippen LogP) is 4.23. The van der Waals surface area contributed by atoms with Crippen molar-refractivity contribution >= 4 is 0 Å². The number of nitrogens with zero attached hydrogens (tertiary/aromatic N) is 1. The van der Waals surface area contributed by atoms with Crippen LogP contribution in [-0.2, 0) is 13.2 Å². The van der Waals surface area contributed by atoms with Crippen molar-refractivity contribution in [2.45, 2.75) is 32.9 Å². The monoisotopic (exact) mass is 331 g/mol. The molecule has 2 aromatic rings. The summed E-state index contributed by atoms with van der Waals surface area (Å²) >= 11 is 0. The van der Waals surface area contributed by atoms with Gasteiger partial charge in [-0.3, -0.25) is 0 Å². The van der Waals surface area contributed by atoms with Crippen molar-refractivity contribution < 1.29 is 14.2 Å². The number of rotatable bonds is 8. The van der Waals surface area contributed by atoms with E-state index in [1.165, 1.54) is 12.1 Å². The van der Waals surface area contributed by atoms with Gasteiger partial charge < -0.3 is 14.7 Å². The fourth-order valence-electron chi connectivity index (χ4n) is 2.67. The molecule has 0 aliphatic rings. The van der Waals surface area contributed by atoms with Gasteiger partial charge in [-0.2, -0.15) is 0 Å². The minimum Gasteiger partial charge on any atom is -0.493 e. The van der Waals surface area contributed by atoms with Gasteiger partial charge >= 0.3 is 0 Å². The molecule has 3 nitrogen and oxygen atoms in total. The van der Waals surface area contributed by atoms with Gasteiger partial charge in [0.05, 0.1) is 13.2 Å². The molecule has 0 saturated carbocycles. The van der Waals surface area contributed by atoms with Crippen molar-refractivity contribution in [3.05, 3.63) is 53.3 Å². The Bertz CT molecular complexity index is 671. The second-order valence-electron chi connectivity index (χ2n) is 6.23. The molecule has 0 radical (unpaired) electrons. The molecule has 130 valence electrons. The number of aliphatic hydroxyl groups is 1. The third-order valence-corrected chi connectivity index (χ3v) is 3.83. The summed E-state index contributed by atoms with van der Waals surface area (Å²) in [7, 11) is 4.01. The Balaban J connectivity index is 2.39. The van der Waals surface area contributed by atoms with Gasteiger partial charge in [0.1, 0.15) is 11.6 Å². The molecule has 0 aliphatic heterocycles. The van der Waals surface area contributed by atoms with Crippen LogP contribution in [0.2, 0.25) is 0 Å². The summed E-state index contributed by atoms with van der Waals surface area (Å²) in [6.45, 7) is 3.38. The van der Waals surface area contributed by atoms with E-state index in [1.54, 1.807) is 6.07 Å². The minimum atomic E-state index is -0.319. The van der Waals surface area contributed by atoms with Gasteiger partial charge in [0, 0.05) is 18.2 Å². The molecule has 2 aromatic carbocycles. The quantitative estimate of drug-likeness (QED) is 0.735. The topological polar surface area (TPSA) is 32.7 Å². The fraction of sp³-hybridized carbons (Fsp3) is 0.400. The zero-order valence-electron chi connectivity index (χ0n) is 14.7. The molecule has 0 aromatic heterocycles. The van der Waals surface area contributed by atoms with Gasteiger partial charge in [0.15, 0.2) is 0 Å². The summed E-state index contributed by atoms with van der Waals surface area (Å²) < 4.78 is 19.4. The van der Waals surface area contributed by atoms with Crippen LogP contribution in [0.3, 0.4) is 0 Å². The van der Waals surface area contributed by atoms with E-state index in [0.717, 1.165) is 41.6 Å². The van der Waals surface area contributed by atoms with Crippen molar-refractivity contribution in [3.8, 4) is 16.9 Å². The Morgan fingerprint density at radius 2 is 1.83 bits per heavy atom. The van der Waals surface area contributed by atoms with Crippen LogP contribution in [0, 0.1) is 5.82 Å². The molecule has 0 amide bonds. The van der Waals surface area contributed by atoms with Crippen LogP contribution < -0.4 is 4.74 Å². The van der Waals surface area contributed by atoms with E-state index in [1.807, 2.05) is 32.3 Å². The highest BCUT2D eigenvalue weighted by Crippen LogP contribution is 2.34. The van der Waals surface area contributed by atoms with Gasteiger partial charge in [-0.15, -0.1) is 0 Å². The molecule has 0 fully saturated rings. The smallest absolute Gasteiger partial charge is 0.130 e. The van der Waals surface area contributed by atoms with Crippen LogP contribution in [-0.4, -0.2) is 30.7 Å². The molecule has 0 bridgehead atoms. The Morgan fingerprint density at radius 3 is 2.50 bits per heavy atom. The van der Waals surface area contributed by atoms with Crippen molar-refractivity contribution in [1.29, 1.82) is 0 Å². The fourth-order valence-corrected chi connectivity index (χ4v) is 2.67. The standard InChI is InChI=1S/C20H26FNO2/c1-4-5-10-24-20-12-17(21)7-9-19(20)18-8-6-15(13-22(2)3)11-16(18)14-23/h6-9,11-12,23H,4-5,10,13-14H2,1-3H3. The van der Waals surface area contributed by atoms with Gasteiger partial charge in [-0.1, -0.05) is 31.5 Å². The molecule has 1 N–H and O–H groups in total. The summed E-state index contributed by atoms with van der Waals surface area (Å²) in [6, 6.07) is 10.6. The lowest BCUT2D eigenvalue weighted by molar-refractivity contribution is 0.282. The van der Waals surface area contributed by atoms with E-state index < -0.39 is 0 Å². The van der Waals surface area contributed by atoms with E-state index in [0.29, 0.717) is 12.4 Å². The van der Waals surface area contributed by atoms with E-state index in [4.69, 9.17) is 4.74 Å². The highest BCUT2D eigenvalue weighted by Gasteiger charge is 2.13. The Morgan fingerprint density at radius 1 is 1.08 bits per heavy atom. The van der Waals surface area contributed by atoms with Crippen LogP contribution in [0.1, 0.15) is 30.9 Å². The summed E-state index contributed by atoms with van der Waals surface area (Å²) in [5.41, 5.74) is 3.64. The van der Waals surface area contributed by atoms with Crippen LogP contribution >= 0.6 is 0 Å². The minimum absolute atomic E-state index is 0.0671. The van der Waals surface area contributed by atoms with Gasteiger partial charge in [0.25, 0.3) is 0 Å². The lowest BCUT2D eigenvalue weighted by Gasteiger charge is -2.16. The van der Waals surface area contributed by atoms with Crippen molar-refractivity contribution in [1.82, 2.24) is 4.90 Å². The number of halogens is 1. The first-order chi connectivity index (χ1) is 11.5. The molecular formula is C20H26FNO2. The van der Waals surface area contributed by atoms with Crippen LogP contribution in [0.5, 0.6) is 5.75 Å².